The zero-order valence-electron chi connectivity index (χ0n) is 22.4. The second-order valence-electron chi connectivity index (χ2n) is 9.98. The van der Waals surface area contributed by atoms with E-state index in [0.717, 1.165) is 10.8 Å². The summed E-state index contributed by atoms with van der Waals surface area (Å²) in [6.45, 7) is 1.23. The molecule has 4 N–H and O–H groups in total. The number of amides is 2. The van der Waals surface area contributed by atoms with Gasteiger partial charge in [0.1, 0.15) is 11.9 Å². The Balaban J connectivity index is 1.37. The lowest BCUT2D eigenvalue weighted by atomic mass is 10.0. The van der Waals surface area contributed by atoms with E-state index in [1.807, 2.05) is 30.3 Å². The molecule has 4 aromatic carbocycles. The van der Waals surface area contributed by atoms with Crippen LogP contribution in [-0.4, -0.2) is 68.1 Å². The van der Waals surface area contributed by atoms with Crippen LogP contribution in [0.1, 0.15) is 21.5 Å². The van der Waals surface area contributed by atoms with Crippen molar-refractivity contribution in [3.63, 3.8) is 0 Å². The highest BCUT2D eigenvalue weighted by atomic mass is 32.2. The molecular weight excluding hydrogens is 538 g/mol. The zero-order chi connectivity index (χ0) is 29.0. The largest absolute Gasteiger partial charge is 0.384 e. The van der Waals surface area contributed by atoms with Crippen LogP contribution in [0.25, 0.3) is 10.8 Å². The van der Waals surface area contributed by atoms with Crippen LogP contribution >= 0.6 is 0 Å². The molecule has 10 heteroatoms. The molecule has 1 heterocycles. The average Bonchev–Trinajstić information content (AvgIpc) is 3.00. The topological polar surface area (TPSA) is 137 Å². The van der Waals surface area contributed by atoms with Crippen LogP contribution in [0.15, 0.2) is 102 Å². The van der Waals surface area contributed by atoms with Gasteiger partial charge in [-0.05, 0) is 53.1 Å². The van der Waals surface area contributed by atoms with Crippen molar-refractivity contribution in [2.75, 3.05) is 26.2 Å². The second-order valence-corrected chi connectivity index (χ2v) is 11.7. The first-order chi connectivity index (χ1) is 19.7. The van der Waals surface area contributed by atoms with Crippen molar-refractivity contribution < 1.29 is 18.0 Å². The molecule has 5 rings (SSSR count). The molecule has 41 heavy (non-hydrogen) atoms. The molecule has 0 bridgehead atoms. The van der Waals surface area contributed by atoms with Gasteiger partial charge in [-0.2, -0.15) is 4.72 Å². The molecule has 2 amide bonds. The maximum absolute atomic E-state index is 13.8. The van der Waals surface area contributed by atoms with Gasteiger partial charge in [0.25, 0.3) is 5.91 Å². The summed E-state index contributed by atoms with van der Waals surface area (Å²) in [4.78, 5) is 30.0. The molecule has 0 spiro atoms. The highest BCUT2D eigenvalue weighted by molar-refractivity contribution is 7.89. The van der Waals surface area contributed by atoms with Gasteiger partial charge in [-0.15, -0.1) is 0 Å². The number of amidine groups is 1. The number of nitrogens with zero attached hydrogens (tertiary/aromatic N) is 2. The average molecular weight is 570 g/mol. The SMILES string of the molecule is N=C(N)c1cccc(C[C@H](NS(=O)(=O)c2ccc3ccccc3c2)C(=O)N2CCN(C(=O)c3ccccc3)CC2)c1. The minimum absolute atomic E-state index is 0.0600. The van der Waals surface area contributed by atoms with Gasteiger partial charge >= 0.3 is 0 Å². The number of nitrogen functional groups attached to an aromatic ring is 1. The van der Waals surface area contributed by atoms with E-state index in [-0.39, 0.29) is 42.1 Å². The van der Waals surface area contributed by atoms with Gasteiger partial charge in [0.2, 0.25) is 15.9 Å². The Morgan fingerprint density at radius 2 is 1.41 bits per heavy atom. The molecule has 0 aromatic heterocycles. The Kier molecular flexibility index (Phi) is 8.14. The van der Waals surface area contributed by atoms with Crippen LogP contribution in [0.3, 0.4) is 0 Å². The smallest absolute Gasteiger partial charge is 0.253 e. The van der Waals surface area contributed by atoms with Crippen molar-refractivity contribution in [2.45, 2.75) is 17.4 Å². The lowest BCUT2D eigenvalue weighted by Gasteiger charge is -2.36. The number of hydrogen-bond acceptors (Lipinski definition) is 5. The summed E-state index contributed by atoms with van der Waals surface area (Å²) in [5, 5.41) is 9.43. The number of piperazine rings is 1. The van der Waals surface area contributed by atoms with Crippen molar-refractivity contribution in [1.82, 2.24) is 14.5 Å². The number of fused-ring (bicyclic) bond motifs is 1. The Labute approximate surface area is 239 Å². The van der Waals surface area contributed by atoms with E-state index in [2.05, 4.69) is 4.72 Å². The highest BCUT2D eigenvalue weighted by Crippen LogP contribution is 2.20. The Morgan fingerprint density at radius 3 is 2.12 bits per heavy atom. The van der Waals surface area contributed by atoms with E-state index < -0.39 is 16.1 Å². The van der Waals surface area contributed by atoms with Crippen LogP contribution < -0.4 is 10.5 Å². The van der Waals surface area contributed by atoms with Crippen molar-refractivity contribution in [3.8, 4) is 0 Å². The standard InChI is InChI=1S/C31H31N5O4S/c32-29(33)26-12-6-7-22(19-26)20-28(34-41(39,40)27-14-13-23-8-4-5-11-25(23)21-27)31(38)36-17-15-35(16-18-36)30(37)24-9-2-1-3-10-24/h1-14,19,21,28,34H,15-18,20H2,(H3,32,33)/t28-/m0/s1. The summed E-state index contributed by atoms with van der Waals surface area (Å²) in [5.41, 5.74) is 7.39. The van der Waals surface area contributed by atoms with Gasteiger partial charge in [-0.1, -0.05) is 66.7 Å². The Hall–Kier alpha value is -4.54. The predicted octanol–water partition coefficient (Wildman–Crippen LogP) is 3.00. The molecule has 4 aromatic rings. The third-order valence-corrected chi connectivity index (χ3v) is 8.67. The van der Waals surface area contributed by atoms with Gasteiger partial charge in [0.05, 0.1) is 4.90 Å². The van der Waals surface area contributed by atoms with E-state index in [1.54, 1.807) is 70.5 Å². The molecule has 0 unspecified atom stereocenters. The molecule has 1 fully saturated rings. The number of sulfonamides is 1. The lowest BCUT2D eigenvalue weighted by molar-refractivity contribution is -0.134. The van der Waals surface area contributed by atoms with Crippen LogP contribution in [0.5, 0.6) is 0 Å². The summed E-state index contributed by atoms with van der Waals surface area (Å²) >= 11 is 0. The molecule has 210 valence electrons. The quantitative estimate of drug-likeness (QED) is 0.221. The summed E-state index contributed by atoms with van der Waals surface area (Å²) < 4.78 is 29.7. The number of benzene rings is 4. The van der Waals surface area contributed by atoms with Crippen LogP contribution in [0, 0.1) is 5.41 Å². The maximum Gasteiger partial charge on any atom is 0.253 e. The fourth-order valence-corrected chi connectivity index (χ4v) is 6.21. The summed E-state index contributed by atoms with van der Waals surface area (Å²) in [5.74, 6) is -0.604. The fourth-order valence-electron chi connectivity index (χ4n) is 4.98. The number of nitrogens with one attached hydrogen (secondary N) is 2. The van der Waals surface area contributed by atoms with Crippen molar-refractivity contribution >= 4 is 38.4 Å². The lowest BCUT2D eigenvalue weighted by Crippen LogP contribution is -2.56. The number of carbonyl (C=O) groups excluding carboxylic acids is 2. The van der Waals surface area contributed by atoms with E-state index >= 15 is 0 Å². The Bertz CT molecular complexity index is 1700. The number of nitrogens with two attached hydrogens (primary N) is 1. The predicted molar refractivity (Wildman–Crippen MR) is 158 cm³/mol. The van der Waals surface area contributed by atoms with Gasteiger partial charge in [-0.3, -0.25) is 15.0 Å². The maximum atomic E-state index is 13.8. The third kappa shape index (κ3) is 6.45. The minimum atomic E-state index is -4.07. The summed E-state index contributed by atoms with van der Waals surface area (Å²) in [6.07, 6.45) is 0.0654. The molecule has 0 saturated carbocycles. The fraction of sp³-hybridized carbons (Fsp3) is 0.194. The number of hydrogen-bond donors (Lipinski definition) is 3. The first kappa shape index (κ1) is 28.0. The monoisotopic (exact) mass is 569 g/mol. The van der Waals surface area contributed by atoms with Crippen LogP contribution in [-0.2, 0) is 21.2 Å². The van der Waals surface area contributed by atoms with Crippen LogP contribution in [0.4, 0.5) is 0 Å². The highest BCUT2D eigenvalue weighted by Gasteiger charge is 2.32. The molecule has 0 aliphatic carbocycles. The molecule has 1 aliphatic heterocycles. The zero-order valence-corrected chi connectivity index (χ0v) is 23.2. The molecule has 1 aliphatic rings. The normalized spacial score (nSPS) is 14.5. The van der Waals surface area contributed by atoms with Gasteiger partial charge < -0.3 is 15.5 Å². The summed E-state index contributed by atoms with van der Waals surface area (Å²) in [6, 6.07) is 27.0. The van der Waals surface area contributed by atoms with Crippen molar-refractivity contribution in [2.24, 2.45) is 5.73 Å². The minimum Gasteiger partial charge on any atom is -0.384 e. The first-order valence-electron chi connectivity index (χ1n) is 13.3. The van der Waals surface area contributed by atoms with E-state index in [0.29, 0.717) is 29.8 Å². The molecule has 0 radical (unpaired) electrons. The molecular formula is C31H31N5O4S. The van der Waals surface area contributed by atoms with Gasteiger partial charge in [0.15, 0.2) is 0 Å². The van der Waals surface area contributed by atoms with E-state index in [1.165, 1.54) is 6.07 Å². The third-order valence-electron chi connectivity index (χ3n) is 7.20. The van der Waals surface area contributed by atoms with Crippen molar-refractivity contribution in [3.05, 3.63) is 114 Å². The first-order valence-corrected chi connectivity index (χ1v) is 14.8. The molecule has 1 atom stereocenters. The van der Waals surface area contributed by atoms with Gasteiger partial charge in [0, 0.05) is 37.3 Å². The van der Waals surface area contributed by atoms with Crippen molar-refractivity contribution in [1.29, 1.82) is 5.41 Å². The number of rotatable bonds is 8. The van der Waals surface area contributed by atoms with Gasteiger partial charge in [-0.25, -0.2) is 8.42 Å². The molecule has 1 saturated heterocycles. The van der Waals surface area contributed by atoms with E-state index in [4.69, 9.17) is 11.1 Å². The summed E-state index contributed by atoms with van der Waals surface area (Å²) in [7, 11) is -4.07. The van der Waals surface area contributed by atoms with E-state index in [9.17, 15) is 18.0 Å². The second kappa shape index (κ2) is 11.9. The van der Waals surface area contributed by atoms with Crippen LogP contribution in [0.2, 0.25) is 0 Å². The Morgan fingerprint density at radius 1 is 0.780 bits per heavy atom. The molecule has 9 nitrogen and oxygen atoms in total. The number of carbonyl (C=O) groups is 2.